The molecular weight excluding hydrogens is 471 g/mol. The molecule has 0 unspecified atom stereocenters. The van der Waals surface area contributed by atoms with Crippen LogP contribution in [0.4, 0.5) is 19.0 Å². The summed E-state index contributed by atoms with van der Waals surface area (Å²) in [4.78, 5) is 26.4. The van der Waals surface area contributed by atoms with E-state index in [1.165, 1.54) is 6.07 Å². The Bertz CT molecular complexity index is 1240. The number of hydrogen-bond donors (Lipinski definition) is 0. The van der Waals surface area contributed by atoms with Gasteiger partial charge in [-0.25, -0.2) is 4.98 Å². The lowest BCUT2D eigenvalue weighted by molar-refractivity contribution is -0.137. The molecule has 192 valence electrons. The number of halogens is 3. The quantitative estimate of drug-likeness (QED) is 0.461. The first-order chi connectivity index (χ1) is 17.3. The van der Waals surface area contributed by atoms with Gasteiger partial charge in [0.25, 0.3) is 5.71 Å². The Hall–Kier alpha value is -3.17. The Kier molecular flexibility index (Phi) is 6.85. The van der Waals surface area contributed by atoms with Gasteiger partial charge in [-0.15, -0.1) is 0 Å². The van der Waals surface area contributed by atoms with Gasteiger partial charge in [-0.2, -0.15) is 18.2 Å². The van der Waals surface area contributed by atoms with Crippen molar-refractivity contribution in [1.82, 2.24) is 20.0 Å². The first kappa shape index (κ1) is 24.5. The van der Waals surface area contributed by atoms with Crippen LogP contribution in [0.5, 0.6) is 0 Å². The molecule has 3 heterocycles. The summed E-state index contributed by atoms with van der Waals surface area (Å²) in [6.07, 6.45) is 1.94. The van der Waals surface area contributed by atoms with Crippen LogP contribution in [0.25, 0.3) is 22.4 Å². The molecule has 36 heavy (non-hydrogen) atoms. The molecule has 0 N–H and O–H groups in total. The fraction of sp³-hybridized carbons (Fsp3) is 0.538. The van der Waals surface area contributed by atoms with E-state index in [4.69, 9.17) is 9.51 Å². The predicted octanol–water partition coefficient (Wildman–Crippen LogP) is 5.49. The molecule has 5 rings (SSSR count). The third-order valence-electron chi connectivity index (χ3n) is 7.11. The predicted molar refractivity (Wildman–Crippen MR) is 129 cm³/mol. The zero-order valence-electron chi connectivity index (χ0n) is 20.4. The number of benzene rings is 1. The number of rotatable bonds is 5. The Morgan fingerprint density at radius 3 is 2.64 bits per heavy atom. The van der Waals surface area contributed by atoms with Crippen LogP contribution in [0, 0.1) is 5.92 Å². The average Bonchev–Trinajstić information content (AvgIpc) is 3.48. The number of hydrogen-bond acceptors (Lipinski definition) is 6. The standard InChI is InChI=1S/C26H30F3N5O2/c1-2-7-20-30-23(33-12-6-13-34(15-14-33)25(35)17-8-3-4-9-17)21-22(32-36-24(21)31-20)18-10-5-11-19(16-18)26(27,28)29/h5,10-11,16-17H,2-4,6-9,12-15H2,1H3. The van der Waals surface area contributed by atoms with E-state index in [9.17, 15) is 18.0 Å². The normalized spacial score (nSPS) is 17.7. The molecule has 1 aliphatic heterocycles. The third-order valence-corrected chi connectivity index (χ3v) is 7.11. The van der Waals surface area contributed by atoms with Crippen LogP contribution >= 0.6 is 0 Å². The van der Waals surface area contributed by atoms with Crippen molar-refractivity contribution in [2.75, 3.05) is 31.1 Å². The van der Waals surface area contributed by atoms with Crippen molar-refractivity contribution in [3.63, 3.8) is 0 Å². The molecule has 2 aliphatic rings. The SMILES string of the molecule is CCCc1nc(N2CCCN(C(=O)C3CCCC3)CC2)c2c(-c3cccc(C(F)(F)F)c3)noc2n1. The number of alkyl halides is 3. The Morgan fingerprint density at radius 2 is 1.89 bits per heavy atom. The molecule has 2 fully saturated rings. The van der Waals surface area contributed by atoms with Crippen molar-refractivity contribution in [3.05, 3.63) is 35.7 Å². The van der Waals surface area contributed by atoms with E-state index < -0.39 is 11.7 Å². The third kappa shape index (κ3) is 4.90. The maximum Gasteiger partial charge on any atom is 0.416 e. The van der Waals surface area contributed by atoms with Gasteiger partial charge in [-0.3, -0.25) is 4.79 Å². The first-order valence-corrected chi connectivity index (χ1v) is 12.7. The second kappa shape index (κ2) is 10.1. The topological polar surface area (TPSA) is 75.4 Å². The van der Waals surface area contributed by atoms with E-state index in [0.29, 0.717) is 55.2 Å². The van der Waals surface area contributed by atoms with E-state index in [0.717, 1.165) is 50.7 Å². The molecule has 1 aromatic carbocycles. The van der Waals surface area contributed by atoms with E-state index in [2.05, 4.69) is 15.0 Å². The Balaban J connectivity index is 1.51. The van der Waals surface area contributed by atoms with Crippen LogP contribution in [-0.2, 0) is 17.4 Å². The number of carbonyl (C=O) groups is 1. The lowest BCUT2D eigenvalue weighted by Gasteiger charge is -2.25. The van der Waals surface area contributed by atoms with Gasteiger partial charge in [0.2, 0.25) is 5.91 Å². The zero-order chi connectivity index (χ0) is 25.3. The number of aryl methyl sites for hydroxylation is 1. The minimum Gasteiger partial charge on any atom is -0.354 e. The summed E-state index contributed by atoms with van der Waals surface area (Å²) in [5, 5.41) is 4.63. The van der Waals surface area contributed by atoms with Gasteiger partial charge < -0.3 is 14.3 Å². The highest BCUT2D eigenvalue weighted by Crippen LogP contribution is 2.37. The molecule has 2 aromatic heterocycles. The summed E-state index contributed by atoms with van der Waals surface area (Å²) in [6.45, 7) is 4.53. The molecule has 0 atom stereocenters. The lowest BCUT2D eigenvalue weighted by atomic mass is 10.1. The lowest BCUT2D eigenvalue weighted by Crippen LogP contribution is -2.38. The van der Waals surface area contributed by atoms with Gasteiger partial charge in [0, 0.05) is 44.1 Å². The van der Waals surface area contributed by atoms with Crippen LogP contribution in [0.15, 0.2) is 28.8 Å². The van der Waals surface area contributed by atoms with E-state index >= 15 is 0 Å². The summed E-state index contributed by atoms with van der Waals surface area (Å²) in [7, 11) is 0. The summed E-state index contributed by atoms with van der Waals surface area (Å²) in [6, 6.07) is 5.06. The fourth-order valence-corrected chi connectivity index (χ4v) is 5.26. The van der Waals surface area contributed by atoms with Crippen molar-refractivity contribution in [3.8, 4) is 11.3 Å². The minimum atomic E-state index is -4.47. The summed E-state index contributed by atoms with van der Waals surface area (Å²) in [5.41, 5.74) is 0.0952. The number of amides is 1. The Labute approximate surface area is 207 Å². The molecule has 7 nitrogen and oxygen atoms in total. The number of nitrogens with zero attached hydrogens (tertiary/aromatic N) is 5. The molecular formula is C26H30F3N5O2. The molecule has 10 heteroatoms. The van der Waals surface area contributed by atoms with Crippen molar-refractivity contribution < 1.29 is 22.5 Å². The number of fused-ring (bicyclic) bond motifs is 1. The summed E-state index contributed by atoms with van der Waals surface area (Å²) in [5.74, 6) is 1.58. The molecule has 0 bridgehead atoms. The van der Waals surface area contributed by atoms with Crippen molar-refractivity contribution in [2.45, 2.75) is 58.0 Å². The second-order valence-corrected chi connectivity index (χ2v) is 9.65. The summed E-state index contributed by atoms with van der Waals surface area (Å²) >= 11 is 0. The minimum absolute atomic E-state index is 0.129. The smallest absolute Gasteiger partial charge is 0.354 e. The van der Waals surface area contributed by atoms with Gasteiger partial charge in [0.1, 0.15) is 22.7 Å². The van der Waals surface area contributed by atoms with Crippen LogP contribution in [-0.4, -0.2) is 52.1 Å². The second-order valence-electron chi connectivity index (χ2n) is 9.65. The molecule has 1 aliphatic carbocycles. The first-order valence-electron chi connectivity index (χ1n) is 12.7. The van der Waals surface area contributed by atoms with E-state index in [1.54, 1.807) is 6.07 Å². The Morgan fingerprint density at radius 1 is 1.08 bits per heavy atom. The average molecular weight is 502 g/mol. The van der Waals surface area contributed by atoms with Gasteiger partial charge in [-0.05, 0) is 37.8 Å². The monoisotopic (exact) mass is 501 g/mol. The van der Waals surface area contributed by atoms with Gasteiger partial charge in [-0.1, -0.05) is 37.1 Å². The highest BCUT2D eigenvalue weighted by atomic mass is 19.4. The molecule has 1 saturated carbocycles. The van der Waals surface area contributed by atoms with Gasteiger partial charge in [0.15, 0.2) is 0 Å². The molecule has 3 aromatic rings. The van der Waals surface area contributed by atoms with Crippen molar-refractivity contribution >= 4 is 22.8 Å². The van der Waals surface area contributed by atoms with Crippen molar-refractivity contribution in [2.24, 2.45) is 5.92 Å². The van der Waals surface area contributed by atoms with E-state index in [1.807, 2.05) is 11.8 Å². The van der Waals surface area contributed by atoms with Crippen LogP contribution < -0.4 is 4.90 Å². The zero-order valence-corrected chi connectivity index (χ0v) is 20.4. The van der Waals surface area contributed by atoms with Crippen molar-refractivity contribution in [1.29, 1.82) is 0 Å². The number of anilines is 1. The van der Waals surface area contributed by atoms with Gasteiger partial charge >= 0.3 is 6.18 Å². The van der Waals surface area contributed by atoms with E-state index in [-0.39, 0.29) is 23.2 Å². The van der Waals surface area contributed by atoms with Crippen LogP contribution in [0.2, 0.25) is 0 Å². The molecule has 1 saturated heterocycles. The maximum absolute atomic E-state index is 13.4. The fourth-order valence-electron chi connectivity index (χ4n) is 5.26. The van der Waals surface area contributed by atoms with Crippen LogP contribution in [0.1, 0.15) is 56.8 Å². The molecule has 0 spiro atoms. The molecule has 0 radical (unpaired) electrons. The molecule has 1 amide bonds. The highest BCUT2D eigenvalue weighted by molar-refractivity contribution is 5.98. The largest absolute Gasteiger partial charge is 0.416 e. The highest BCUT2D eigenvalue weighted by Gasteiger charge is 2.32. The summed E-state index contributed by atoms with van der Waals surface area (Å²) < 4.78 is 45.7. The maximum atomic E-state index is 13.4. The number of carbonyl (C=O) groups excluding carboxylic acids is 1. The number of aromatic nitrogens is 3. The van der Waals surface area contributed by atoms with Crippen LogP contribution in [0.3, 0.4) is 0 Å². The van der Waals surface area contributed by atoms with Gasteiger partial charge in [0.05, 0.1) is 5.56 Å².